The number of allylic oxidation sites excluding steroid dienone is 1. The van der Waals surface area contributed by atoms with E-state index in [1.54, 1.807) is 0 Å². The Labute approximate surface area is 106 Å². The van der Waals surface area contributed by atoms with Gasteiger partial charge in [-0.3, -0.25) is 4.90 Å². The molecule has 98 valence electrons. The van der Waals surface area contributed by atoms with Gasteiger partial charge in [-0.1, -0.05) is 18.6 Å². The van der Waals surface area contributed by atoms with Crippen molar-refractivity contribution < 1.29 is 0 Å². The highest BCUT2D eigenvalue weighted by atomic mass is 15.2. The standard InChI is InChI=1S/C15H28N2/c1-12(2)13-7-8-15(3,16)14(11-13)17-9-5-4-6-10-17/h13-14H,1,4-11,16H2,2-3H3/t13-,14+,15+/m0/s1. The van der Waals surface area contributed by atoms with Crippen LogP contribution >= 0.6 is 0 Å². The van der Waals surface area contributed by atoms with Crippen molar-refractivity contribution in [1.82, 2.24) is 4.90 Å². The maximum Gasteiger partial charge on any atom is 0.0283 e. The maximum atomic E-state index is 6.54. The minimum absolute atomic E-state index is 0.00326. The summed E-state index contributed by atoms with van der Waals surface area (Å²) in [5.41, 5.74) is 7.90. The van der Waals surface area contributed by atoms with Crippen LogP contribution in [0.4, 0.5) is 0 Å². The van der Waals surface area contributed by atoms with Gasteiger partial charge in [0.15, 0.2) is 0 Å². The van der Waals surface area contributed by atoms with Gasteiger partial charge in [0.05, 0.1) is 0 Å². The van der Waals surface area contributed by atoms with Crippen LogP contribution in [0.15, 0.2) is 12.2 Å². The molecule has 2 nitrogen and oxygen atoms in total. The van der Waals surface area contributed by atoms with Crippen LogP contribution in [0, 0.1) is 5.92 Å². The van der Waals surface area contributed by atoms with Crippen molar-refractivity contribution >= 4 is 0 Å². The molecule has 2 rings (SSSR count). The van der Waals surface area contributed by atoms with Crippen molar-refractivity contribution in [2.75, 3.05) is 13.1 Å². The Hall–Kier alpha value is -0.340. The van der Waals surface area contributed by atoms with Crippen LogP contribution in [0.5, 0.6) is 0 Å². The molecule has 0 aromatic rings. The fraction of sp³-hybridized carbons (Fsp3) is 0.867. The van der Waals surface area contributed by atoms with Gasteiger partial charge in [0.25, 0.3) is 0 Å². The van der Waals surface area contributed by atoms with Crippen LogP contribution in [0.25, 0.3) is 0 Å². The Morgan fingerprint density at radius 2 is 1.94 bits per heavy atom. The monoisotopic (exact) mass is 236 g/mol. The zero-order chi connectivity index (χ0) is 12.5. The Balaban J connectivity index is 2.06. The van der Waals surface area contributed by atoms with Gasteiger partial charge < -0.3 is 5.73 Å². The molecule has 1 aliphatic heterocycles. The molecule has 2 heteroatoms. The lowest BCUT2D eigenvalue weighted by atomic mass is 9.71. The van der Waals surface area contributed by atoms with Crippen LogP contribution in [0.2, 0.25) is 0 Å². The van der Waals surface area contributed by atoms with Gasteiger partial charge in [-0.25, -0.2) is 0 Å². The summed E-state index contributed by atoms with van der Waals surface area (Å²) >= 11 is 0. The normalized spacial score (nSPS) is 40.2. The summed E-state index contributed by atoms with van der Waals surface area (Å²) in [7, 11) is 0. The highest BCUT2D eigenvalue weighted by Crippen LogP contribution is 2.37. The number of likely N-dealkylation sites (tertiary alicyclic amines) is 1. The van der Waals surface area contributed by atoms with Gasteiger partial charge in [-0.05, 0) is 65.0 Å². The van der Waals surface area contributed by atoms with E-state index < -0.39 is 0 Å². The van der Waals surface area contributed by atoms with Crippen molar-refractivity contribution in [3.63, 3.8) is 0 Å². The molecule has 1 saturated heterocycles. The average molecular weight is 236 g/mol. The average Bonchev–Trinajstić information content (AvgIpc) is 2.29. The minimum Gasteiger partial charge on any atom is -0.324 e. The first-order valence-corrected chi connectivity index (χ1v) is 7.19. The molecule has 17 heavy (non-hydrogen) atoms. The fourth-order valence-corrected chi connectivity index (χ4v) is 3.55. The summed E-state index contributed by atoms with van der Waals surface area (Å²) in [6.07, 6.45) is 7.70. The molecule has 3 atom stereocenters. The van der Waals surface area contributed by atoms with Crippen molar-refractivity contribution in [3.8, 4) is 0 Å². The summed E-state index contributed by atoms with van der Waals surface area (Å²) in [4.78, 5) is 2.65. The second kappa shape index (κ2) is 5.11. The molecule has 2 fully saturated rings. The van der Waals surface area contributed by atoms with Crippen molar-refractivity contribution in [2.24, 2.45) is 11.7 Å². The largest absolute Gasteiger partial charge is 0.324 e. The van der Waals surface area contributed by atoms with Gasteiger partial charge in [0.1, 0.15) is 0 Å². The fourth-order valence-electron chi connectivity index (χ4n) is 3.55. The number of nitrogens with zero attached hydrogens (tertiary/aromatic N) is 1. The first-order chi connectivity index (χ1) is 8.00. The van der Waals surface area contributed by atoms with E-state index in [2.05, 4.69) is 25.3 Å². The number of rotatable bonds is 2. The number of hydrogen-bond donors (Lipinski definition) is 1. The smallest absolute Gasteiger partial charge is 0.0283 e. The topological polar surface area (TPSA) is 29.3 Å². The summed E-state index contributed by atoms with van der Waals surface area (Å²) in [5.74, 6) is 0.693. The van der Waals surface area contributed by atoms with E-state index in [0.717, 1.165) is 6.42 Å². The highest BCUT2D eigenvalue weighted by Gasteiger charge is 2.40. The quantitative estimate of drug-likeness (QED) is 0.747. The van der Waals surface area contributed by atoms with Crippen molar-refractivity contribution in [2.45, 2.75) is 64.0 Å². The van der Waals surface area contributed by atoms with E-state index in [1.807, 2.05) is 0 Å². The molecule has 1 aliphatic carbocycles. The summed E-state index contributed by atoms with van der Waals surface area (Å²) in [6, 6.07) is 0.568. The van der Waals surface area contributed by atoms with Crippen LogP contribution < -0.4 is 5.73 Å². The SMILES string of the molecule is C=C(C)[C@H]1CC[C@@](C)(N)[C@H](N2CCCCC2)C1. The number of hydrogen-bond acceptors (Lipinski definition) is 2. The number of piperidine rings is 1. The van der Waals surface area contributed by atoms with E-state index >= 15 is 0 Å². The molecular weight excluding hydrogens is 208 g/mol. The molecule has 0 amide bonds. The zero-order valence-electron chi connectivity index (χ0n) is 11.5. The van der Waals surface area contributed by atoms with Crippen LogP contribution in [0.3, 0.4) is 0 Å². The van der Waals surface area contributed by atoms with Gasteiger partial charge >= 0.3 is 0 Å². The summed E-state index contributed by atoms with van der Waals surface area (Å²) in [5, 5.41) is 0. The Kier molecular flexibility index (Phi) is 3.94. The molecule has 0 bridgehead atoms. The van der Waals surface area contributed by atoms with Gasteiger partial charge in [-0.2, -0.15) is 0 Å². The summed E-state index contributed by atoms with van der Waals surface area (Å²) in [6.45, 7) is 11.1. The molecule has 0 aromatic carbocycles. The lowest BCUT2D eigenvalue weighted by Gasteiger charge is -2.48. The van der Waals surface area contributed by atoms with E-state index in [9.17, 15) is 0 Å². The molecule has 0 spiro atoms. The molecule has 2 aliphatic rings. The van der Waals surface area contributed by atoms with Crippen LogP contribution in [-0.2, 0) is 0 Å². The van der Waals surface area contributed by atoms with E-state index in [1.165, 1.54) is 50.8 Å². The molecule has 1 heterocycles. The van der Waals surface area contributed by atoms with E-state index in [0.29, 0.717) is 12.0 Å². The number of nitrogens with two attached hydrogens (primary N) is 1. The molecular formula is C15H28N2. The molecule has 0 radical (unpaired) electrons. The third-order valence-electron chi connectivity index (χ3n) is 4.83. The molecule has 1 saturated carbocycles. The Morgan fingerprint density at radius 3 is 2.53 bits per heavy atom. The van der Waals surface area contributed by atoms with Gasteiger partial charge in [0.2, 0.25) is 0 Å². The zero-order valence-corrected chi connectivity index (χ0v) is 11.5. The highest BCUT2D eigenvalue weighted by molar-refractivity contribution is 5.07. The van der Waals surface area contributed by atoms with Crippen molar-refractivity contribution in [3.05, 3.63) is 12.2 Å². The molecule has 0 aromatic heterocycles. The summed E-state index contributed by atoms with van der Waals surface area (Å²) < 4.78 is 0. The lowest BCUT2D eigenvalue weighted by Crippen LogP contribution is -2.60. The second-order valence-electron chi connectivity index (χ2n) is 6.44. The minimum atomic E-state index is 0.00326. The van der Waals surface area contributed by atoms with E-state index in [4.69, 9.17) is 5.73 Å². The first-order valence-electron chi connectivity index (χ1n) is 7.19. The van der Waals surface area contributed by atoms with Crippen LogP contribution in [0.1, 0.15) is 52.4 Å². The van der Waals surface area contributed by atoms with Gasteiger partial charge in [-0.15, -0.1) is 0 Å². The van der Waals surface area contributed by atoms with Crippen LogP contribution in [-0.4, -0.2) is 29.6 Å². The predicted octanol–water partition coefficient (Wildman–Crippen LogP) is 2.93. The third-order valence-corrected chi connectivity index (χ3v) is 4.83. The van der Waals surface area contributed by atoms with Crippen molar-refractivity contribution in [1.29, 1.82) is 0 Å². The lowest BCUT2D eigenvalue weighted by molar-refractivity contribution is 0.0593. The maximum absolute atomic E-state index is 6.54. The Bertz CT molecular complexity index is 277. The molecule has 2 N–H and O–H groups in total. The molecule has 0 unspecified atom stereocenters. The second-order valence-corrected chi connectivity index (χ2v) is 6.44. The van der Waals surface area contributed by atoms with Gasteiger partial charge in [0, 0.05) is 11.6 Å². The first kappa shape index (κ1) is 13.1. The Morgan fingerprint density at radius 1 is 1.29 bits per heavy atom. The third kappa shape index (κ3) is 2.92. The van der Waals surface area contributed by atoms with E-state index in [-0.39, 0.29) is 5.54 Å². The predicted molar refractivity (Wildman–Crippen MR) is 74.0 cm³/mol.